The number of rotatable bonds is 21. The summed E-state index contributed by atoms with van der Waals surface area (Å²) >= 11 is 0. The van der Waals surface area contributed by atoms with Gasteiger partial charge in [0.15, 0.2) is 0 Å². The molecule has 4 atom stereocenters. The number of benzene rings is 4. The number of methoxy groups -OCH3 is 2. The van der Waals surface area contributed by atoms with Crippen LogP contribution in [0, 0.1) is 0 Å². The van der Waals surface area contributed by atoms with Gasteiger partial charge in [-0.3, -0.25) is 9.59 Å². The molecule has 0 unspecified atom stereocenters. The lowest BCUT2D eigenvalue weighted by molar-refractivity contribution is -0.142. The van der Waals surface area contributed by atoms with Crippen LogP contribution in [0.3, 0.4) is 0 Å². The van der Waals surface area contributed by atoms with Crippen LogP contribution in [0.1, 0.15) is 22.3 Å². The van der Waals surface area contributed by atoms with Crippen LogP contribution in [0.15, 0.2) is 97.1 Å². The van der Waals surface area contributed by atoms with E-state index >= 15 is 0 Å². The van der Waals surface area contributed by atoms with Gasteiger partial charge in [0.1, 0.15) is 48.3 Å². The number of carboxylic acids is 2. The van der Waals surface area contributed by atoms with Crippen molar-refractivity contribution in [3.05, 3.63) is 119 Å². The van der Waals surface area contributed by atoms with Gasteiger partial charge in [0.05, 0.1) is 26.3 Å². The predicted octanol–water partition coefficient (Wildman–Crippen LogP) is 2.53. The first-order chi connectivity index (χ1) is 25.9. The lowest BCUT2D eigenvalue weighted by Crippen LogP contribution is -2.50. The number of hydrogen-bond donors (Lipinski definition) is 6. The van der Waals surface area contributed by atoms with E-state index in [-0.39, 0.29) is 38.9 Å². The normalized spacial score (nSPS) is 13.0. The van der Waals surface area contributed by atoms with Crippen molar-refractivity contribution in [3.8, 4) is 23.0 Å². The monoisotopic (exact) mass is 742 g/mol. The Hall–Kier alpha value is -6.12. The minimum Gasteiger partial charge on any atom is -0.497 e. The van der Waals surface area contributed by atoms with Gasteiger partial charge in [-0.2, -0.15) is 0 Å². The molecule has 4 rings (SSSR count). The van der Waals surface area contributed by atoms with Crippen LogP contribution in [-0.2, 0) is 44.9 Å². The van der Waals surface area contributed by atoms with Crippen LogP contribution in [0.25, 0.3) is 0 Å². The number of aliphatic carboxylic acids is 2. The van der Waals surface area contributed by atoms with Crippen molar-refractivity contribution in [1.29, 1.82) is 0 Å². The Kier molecular flexibility index (Phi) is 15.2. The summed E-state index contributed by atoms with van der Waals surface area (Å²) in [5.74, 6) is -1.03. The summed E-state index contributed by atoms with van der Waals surface area (Å²) < 4.78 is 21.8. The van der Waals surface area contributed by atoms with Gasteiger partial charge in [0.25, 0.3) is 0 Å². The zero-order chi connectivity index (χ0) is 39.0. The maximum Gasteiger partial charge on any atom is 0.326 e. The van der Waals surface area contributed by atoms with Crippen molar-refractivity contribution in [2.75, 3.05) is 27.4 Å². The Morgan fingerprint density at radius 2 is 0.778 bits per heavy atom. The molecular formula is C40H46N4O10. The van der Waals surface area contributed by atoms with E-state index in [0.29, 0.717) is 28.6 Å². The standard InChI is InChI=1S/C40H46N4O10/c1-51-29-11-3-25(4-12-29)21-33(41)37(45)44-36(40(49)50)24-28-9-17-32(18-10-28)54-20-19-53-31-15-7-26(8-16-31)22-34(42)38(46)43-35(39(47)48)23-27-5-13-30(52-2)14-6-27/h3-18,33-36H,19-24,41-42H2,1-2H3,(H,43,46)(H,44,45)(H,47,48)(H,49,50)/t33-,34+,35-,36+/m0/s1. The van der Waals surface area contributed by atoms with Crippen LogP contribution in [-0.4, -0.2) is 85.6 Å². The fraction of sp³-hybridized carbons (Fsp3) is 0.300. The molecule has 0 bridgehead atoms. The molecule has 4 aromatic carbocycles. The van der Waals surface area contributed by atoms with Gasteiger partial charge in [0, 0.05) is 12.8 Å². The van der Waals surface area contributed by atoms with Gasteiger partial charge >= 0.3 is 11.9 Å². The Morgan fingerprint density at radius 3 is 1.06 bits per heavy atom. The number of nitrogens with one attached hydrogen (secondary N) is 2. The lowest BCUT2D eigenvalue weighted by atomic mass is 10.0. The SMILES string of the molecule is COc1ccc(C[C@H](NC(=O)[C@H](N)Cc2ccc(OCCOc3ccc(C[C@@H](NC(=O)[C@@H](N)Cc4ccc(OC)cc4)C(=O)O)cc3)cc2)C(=O)O)cc1. The van der Waals surface area contributed by atoms with E-state index in [1.807, 2.05) is 0 Å². The molecule has 0 heterocycles. The molecule has 0 radical (unpaired) electrons. The second kappa shape index (κ2) is 20.2. The molecular weight excluding hydrogens is 696 g/mol. The lowest BCUT2D eigenvalue weighted by Gasteiger charge is -2.18. The first kappa shape index (κ1) is 40.6. The smallest absolute Gasteiger partial charge is 0.326 e. The Bertz CT molecular complexity index is 1820. The van der Waals surface area contributed by atoms with E-state index in [1.54, 1.807) is 104 Å². The quantitative estimate of drug-likeness (QED) is 0.0679. The van der Waals surface area contributed by atoms with Gasteiger partial charge in [-0.05, 0) is 83.6 Å². The minimum absolute atomic E-state index is 0.0543. The van der Waals surface area contributed by atoms with Crippen molar-refractivity contribution in [1.82, 2.24) is 10.6 Å². The van der Waals surface area contributed by atoms with Crippen LogP contribution in [0.2, 0.25) is 0 Å². The summed E-state index contributed by atoms with van der Waals surface area (Å²) in [5.41, 5.74) is 15.2. The van der Waals surface area contributed by atoms with Crippen LogP contribution < -0.4 is 41.0 Å². The molecule has 286 valence electrons. The third kappa shape index (κ3) is 12.8. The van der Waals surface area contributed by atoms with Crippen molar-refractivity contribution < 1.29 is 48.3 Å². The van der Waals surface area contributed by atoms with Crippen molar-refractivity contribution in [2.24, 2.45) is 11.5 Å². The van der Waals surface area contributed by atoms with Crippen molar-refractivity contribution in [2.45, 2.75) is 49.9 Å². The maximum absolute atomic E-state index is 12.7. The highest BCUT2D eigenvalue weighted by molar-refractivity contribution is 5.88. The van der Waals surface area contributed by atoms with E-state index in [4.69, 9.17) is 30.4 Å². The largest absolute Gasteiger partial charge is 0.497 e. The van der Waals surface area contributed by atoms with Crippen LogP contribution in [0.5, 0.6) is 23.0 Å². The van der Waals surface area contributed by atoms with Crippen LogP contribution >= 0.6 is 0 Å². The summed E-state index contributed by atoms with van der Waals surface area (Å²) in [4.78, 5) is 49.1. The summed E-state index contributed by atoms with van der Waals surface area (Å²) in [6.45, 7) is 0.463. The molecule has 54 heavy (non-hydrogen) atoms. The number of ether oxygens (including phenoxy) is 4. The summed E-state index contributed by atoms with van der Waals surface area (Å²) in [5, 5.41) is 24.4. The zero-order valence-corrected chi connectivity index (χ0v) is 30.1. The van der Waals surface area contributed by atoms with Gasteiger partial charge in [-0.15, -0.1) is 0 Å². The fourth-order valence-electron chi connectivity index (χ4n) is 5.41. The molecule has 0 aromatic heterocycles. The molecule has 0 fully saturated rings. The first-order valence-electron chi connectivity index (χ1n) is 17.2. The molecule has 0 spiro atoms. The van der Waals surface area contributed by atoms with Gasteiger partial charge in [0.2, 0.25) is 11.8 Å². The average molecular weight is 743 g/mol. The number of amides is 2. The molecule has 0 aliphatic rings. The third-order valence-corrected chi connectivity index (χ3v) is 8.48. The molecule has 14 nitrogen and oxygen atoms in total. The molecule has 0 aliphatic heterocycles. The molecule has 8 N–H and O–H groups in total. The maximum atomic E-state index is 12.7. The van der Waals surface area contributed by atoms with Gasteiger partial charge < -0.3 is 51.3 Å². The fourth-order valence-corrected chi connectivity index (χ4v) is 5.41. The summed E-state index contributed by atoms with van der Waals surface area (Å²) in [6.07, 6.45) is 0.580. The minimum atomic E-state index is -1.18. The van der Waals surface area contributed by atoms with Crippen molar-refractivity contribution >= 4 is 23.8 Å². The third-order valence-electron chi connectivity index (χ3n) is 8.48. The molecule has 4 aromatic rings. The summed E-state index contributed by atoms with van der Waals surface area (Å²) in [6, 6.07) is 23.7. The Morgan fingerprint density at radius 1 is 0.500 bits per heavy atom. The second-order valence-electron chi connectivity index (χ2n) is 12.5. The van der Waals surface area contributed by atoms with E-state index in [9.17, 15) is 29.4 Å². The number of carbonyl (C=O) groups is 4. The Balaban J connectivity index is 1.17. The topological polar surface area (TPSA) is 222 Å². The molecule has 0 aliphatic carbocycles. The van der Waals surface area contributed by atoms with E-state index < -0.39 is 47.9 Å². The zero-order valence-electron chi connectivity index (χ0n) is 30.1. The molecule has 0 saturated heterocycles. The number of carboxylic acid groups (broad SMARTS) is 2. The van der Waals surface area contributed by atoms with E-state index in [1.165, 1.54) is 7.11 Å². The van der Waals surface area contributed by atoms with Gasteiger partial charge in [-0.25, -0.2) is 9.59 Å². The van der Waals surface area contributed by atoms with Crippen LogP contribution in [0.4, 0.5) is 0 Å². The van der Waals surface area contributed by atoms with Gasteiger partial charge in [-0.1, -0.05) is 48.5 Å². The second-order valence-corrected chi connectivity index (χ2v) is 12.5. The highest BCUT2D eigenvalue weighted by Crippen LogP contribution is 2.17. The average Bonchev–Trinajstić information content (AvgIpc) is 3.17. The van der Waals surface area contributed by atoms with Crippen molar-refractivity contribution in [3.63, 3.8) is 0 Å². The molecule has 14 heteroatoms. The first-order valence-corrected chi connectivity index (χ1v) is 17.2. The van der Waals surface area contributed by atoms with E-state index in [2.05, 4.69) is 10.6 Å². The molecule has 2 amide bonds. The highest BCUT2D eigenvalue weighted by Gasteiger charge is 2.25. The Labute approximate surface area is 313 Å². The van der Waals surface area contributed by atoms with E-state index in [0.717, 1.165) is 16.7 Å². The number of carbonyl (C=O) groups excluding carboxylic acids is 2. The number of nitrogens with two attached hydrogens (primary N) is 2. The highest BCUT2D eigenvalue weighted by atomic mass is 16.5. The molecule has 0 saturated carbocycles. The number of hydrogen-bond acceptors (Lipinski definition) is 10. The predicted molar refractivity (Wildman–Crippen MR) is 200 cm³/mol. The summed E-state index contributed by atoms with van der Waals surface area (Å²) in [7, 11) is 3.10.